The van der Waals surface area contributed by atoms with E-state index in [-0.39, 0.29) is 5.75 Å². The second-order valence-electron chi connectivity index (χ2n) is 7.98. The third kappa shape index (κ3) is 9.49. The Morgan fingerprint density at radius 2 is 1.75 bits per heavy atom. The number of ether oxygens (including phenoxy) is 3. The van der Waals surface area contributed by atoms with Gasteiger partial charge in [0, 0.05) is 34.8 Å². The van der Waals surface area contributed by atoms with E-state index in [2.05, 4.69) is 42.9 Å². The number of benzene rings is 3. The van der Waals surface area contributed by atoms with Crippen LogP contribution in [0.1, 0.15) is 13.8 Å². The van der Waals surface area contributed by atoms with Gasteiger partial charge in [-0.05, 0) is 59.5 Å². The van der Waals surface area contributed by atoms with Gasteiger partial charge >= 0.3 is 6.36 Å². The number of methoxy groups -OCH3 is 1. The third-order valence-corrected chi connectivity index (χ3v) is 5.90. The number of H-pyrrole nitrogens is 1. The SMILES string of the molecule is C=C(Nc1ccc(-c2cc(SNCOCCOC)cc3[nH]ncc23)cc1)Nc1cccc(OC(F)(F)F)c1.CC. The molecule has 0 aliphatic carbocycles. The minimum Gasteiger partial charge on any atom is -0.406 e. The fourth-order valence-corrected chi connectivity index (χ4v) is 4.24. The predicted octanol–water partition coefficient (Wildman–Crippen LogP) is 7.37. The molecular weight excluding hydrogens is 543 g/mol. The Morgan fingerprint density at radius 3 is 2.48 bits per heavy atom. The van der Waals surface area contributed by atoms with Crippen molar-refractivity contribution >= 4 is 34.2 Å². The zero-order valence-corrected chi connectivity index (χ0v) is 23.2. The Bertz CT molecular complexity index is 1360. The second kappa shape index (κ2) is 15.2. The van der Waals surface area contributed by atoms with Crippen LogP contribution >= 0.6 is 11.9 Å². The number of alkyl halides is 3. The molecule has 214 valence electrons. The summed E-state index contributed by atoms with van der Waals surface area (Å²) in [5.41, 5.74) is 4.04. The summed E-state index contributed by atoms with van der Waals surface area (Å²) < 4.78 is 55.0. The molecule has 0 spiro atoms. The normalized spacial score (nSPS) is 11.1. The van der Waals surface area contributed by atoms with Gasteiger partial charge in [0.1, 0.15) is 18.3 Å². The van der Waals surface area contributed by atoms with Crippen molar-refractivity contribution in [3.05, 3.63) is 79.3 Å². The molecule has 12 heteroatoms. The molecule has 0 atom stereocenters. The summed E-state index contributed by atoms with van der Waals surface area (Å²) >= 11 is 1.45. The van der Waals surface area contributed by atoms with Gasteiger partial charge < -0.3 is 24.8 Å². The molecule has 4 N–H and O–H groups in total. The van der Waals surface area contributed by atoms with Gasteiger partial charge in [0.2, 0.25) is 0 Å². The Hall–Kier alpha value is -3.71. The summed E-state index contributed by atoms with van der Waals surface area (Å²) in [6, 6.07) is 17.3. The molecule has 8 nitrogen and oxygen atoms in total. The second-order valence-corrected chi connectivity index (χ2v) is 8.94. The van der Waals surface area contributed by atoms with E-state index in [9.17, 15) is 13.2 Å². The van der Waals surface area contributed by atoms with Gasteiger partial charge in [-0.15, -0.1) is 13.2 Å². The van der Waals surface area contributed by atoms with Crippen LogP contribution in [-0.4, -0.2) is 43.6 Å². The number of aromatic amines is 1. The Morgan fingerprint density at radius 1 is 1.00 bits per heavy atom. The highest BCUT2D eigenvalue weighted by Crippen LogP contribution is 2.33. The molecule has 0 amide bonds. The lowest BCUT2D eigenvalue weighted by Crippen LogP contribution is -2.17. The molecule has 3 aromatic carbocycles. The van der Waals surface area contributed by atoms with Crippen LogP contribution in [0.25, 0.3) is 22.0 Å². The topological polar surface area (TPSA) is 92.5 Å². The zero-order chi connectivity index (χ0) is 29.0. The number of fused-ring (bicyclic) bond motifs is 1. The summed E-state index contributed by atoms with van der Waals surface area (Å²) in [5, 5.41) is 14.2. The van der Waals surface area contributed by atoms with Crippen molar-refractivity contribution in [1.29, 1.82) is 0 Å². The van der Waals surface area contributed by atoms with E-state index in [0.717, 1.165) is 32.6 Å². The number of halogens is 3. The lowest BCUT2D eigenvalue weighted by Gasteiger charge is -2.14. The fraction of sp³-hybridized carbons (Fsp3) is 0.250. The highest BCUT2D eigenvalue weighted by molar-refractivity contribution is 7.97. The number of rotatable bonds is 13. The molecule has 0 aliphatic rings. The quantitative estimate of drug-likeness (QED) is 0.0746. The largest absolute Gasteiger partial charge is 0.573 e. The lowest BCUT2D eigenvalue weighted by molar-refractivity contribution is -0.274. The Labute approximate surface area is 235 Å². The van der Waals surface area contributed by atoms with Gasteiger partial charge in [-0.3, -0.25) is 5.10 Å². The molecule has 0 saturated heterocycles. The standard InChI is InChI=1S/C26H26F3N5O3S.C2H6/c1-17(33-20-4-3-5-21(12-20)37-26(27,28)29)32-19-8-6-18(7-9-19)23-13-22(14-25-24(23)15-30-34-25)38-31-16-36-11-10-35-2;1-2/h3-9,12-15,31-33H,1,10-11,16H2,2H3,(H,30,34);1-2H3. The van der Waals surface area contributed by atoms with Crippen molar-refractivity contribution in [2.75, 3.05) is 37.7 Å². The van der Waals surface area contributed by atoms with E-state index in [1.54, 1.807) is 19.4 Å². The van der Waals surface area contributed by atoms with Gasteiger partial charge in [0.05, 0.1) is 24.9 Å². The molecule has 4 rings (SSSR count). The molecule has 0 radical (unpaired) electrons. The smallest absolute Gasteiger partial charge is 0.406 e. The molecule has 1 heterocycles. The predicted molar refractivity (Wildman–Crippen MR) is 154 cm³/mol. The van der Waals surface area contributed by atoms with E-state index < -0.39 is 6.36 Å². The van der Waals surface area contributed by atoms with E-state index >= 15 is 0 Å². The van der Waals surface area contributed by atoms with Gasteiger partial charge in [0.15, 0.2) is 0 Å². The minimum absolute atomic E-state index is 0.320. The molecule has 0 bridgehead atoms. The van der Waals surface area contributed by atoms with Crippen LogP contribution in [0.3, 0.4) is 0 Å². The van der Waals surface area contributed by atoms with Crippen LogP contribution in [0.5, 0.6) is 5.75 Å². The van der Waals surface area contributed by atoms with Crippen molar-refractivity contribution in [2.24, 2.45) is 0 Å². The van der Waals surface area contributed by atoms with Crippen molar-refractivity contribution in [3.8, 4) is 16.9 Å². The first-order valence-corrected chi connectivity index (χ1v) is 13.2. The molecule has 0 aliphatic heterocycles. The zero-order valence-electron chi connectivity index (χ0n) is 22.4. The van der Waals surface area contributed by atoms with Crippen LogP contribution in [0, 0.1) is 0 Å². The van der Waals surface area contributed by atoms with E-state index in [1.807, 2.05) is 44.2 Å². The minimum atomic E-state index is -4.76. The van der Waals surface area contributed by atoms with E-state index in [1.165, 1.54) is 30.1 Å². The maximum absolute atomic E-state index is 12.5. The highest BCUT2D eigenvalue weighted by Gasteiger charge is 2.31. The average Bonchev–Trinajstić information content (AvgIpc) is 3.40. The van der Waals surface area contributed by atoms with Crippen LogP contribution in [0.2, 0.25) is 0 Å². The first-order valence-electron chi connectivity index (χ1n) is 12.4. The first kappa shape index (κ1) is 30.8. The molecular formula is C28H32F3N5O3S. The molecule has 1 aromatic heterocycles. The number of hydrogen-bond acceptors (Lipinski definition) is 8. The molecule has 0 saturated carbocycles. The summed E-state index contributed by atoms with van der Waals surface area (Å²) in [7, 11) is 1.63. The number of aromatic nitrogens is 2. The maximum Gasteiger partial charge on any atom is 0.573 e. The first-order chi connectivity index (χ1) is 19.3. The average molecular weight is 576 g/mol. The Kier molecular flexibility index (Phi) is 11.7. The summed E-state index contributed by atoms with van der Waals surface area (Å²) in [6.07, 6.45) is -2.97. The number of hydrogen-bond donors (Lipinski definition) is 4. The summed E-state index contributed by atoms with van der Waals surface area (Å²) in [5.74, 6) is 0.0655. The van der Waals surface area contributed by atoms with Gasteiger partial charge in [-0.1, -0.05) is 38.6 Å². The van der Waals surface area contributed by atoms with Gasteiger partial charge in [-0.25, -0.2) is 4.72 Å². The summed E-state index contributed by atoms with van der Waals surface area (Å²) in [6.45, 7) is 9.33. The number of anilines is 2. The van der Waals surface area contributed by atoms with Crippen molar-refractivity contribution in [3.63, 3.8) is 0 Å². The van der Waals surface area contributed by atoms with Gasteiger partial charge in [0.25, 0.3) is 0 Å². The van der Waals surface area contributed by atoms with Crippen molar-refractivity contribution in [2.45, 2.75) is 25.1 Å². The maximum atomic E-state index is 12.5. The van der Waals surface area contributed by atoms with Crippen LogP contribution in [-0.2, 0) is 9.47 Å². The molecule has 0 fully saturated rings. The van der Waals surface area contributed by atoms with E-state index in [0.29, 0.717) is 31.5 Å². The van der Waals surface area contributed by atoms with Crippen molar-refractivity contribution < 1.29 is 27.4 Å². The lowest BCUT2D eigenvalue weighted by atomic mass is 10.0. The molecule has 40 heavy (non-hydrogen) atoms. The van der Waals surface area contributed by atoms with Crippen LogP contribution in [0.15, 0.2) is 84.2 Å². The van der Waals surface area contributed by atoms with Gasteiger partial charge in [-0.2, -0.15) is 5.10 Å². The monoisotopic (exact) mass is 575 g/mol. The van der Waals surface area contributed by atoms with E-state index in [4.69, 9.17) is 9.47 Å². The molecule has 0 unspecified atom stereocenters. The van der Waals surface area contributed by atoms with Crippen LogP contribution in [0.4, 0.5) is 24.5 Å². The summed E-state index contributed by atoms with van der Waals surface area (Å²) in [4.78, 5) is 0.989. The highest BCUT2D eigenvalue weighted by atomic mass is 32.2. The number of nitrogens with one attached hydrogen (secondary N) is 4. The molecule has 4 aromatic rings. The van der Waals surface area contributed by atoms with Crippen molar-refractivity contribution in [1.82, 2.24) is 14.9 Å². The third-order valence-electron chi connectivity index (χ3n) is 5.17. The number of nitrogens with zero attached hydrogens (tertiary/aromatic N) is 1. The van der Waals surface area contributed by atoms with Crippen LogP contribution < -0.4 is 20.1 Å². The fourth-order valence-electron chi connectivity index (χ4n) is 3.58. The Balaban J connectivity index is 0.00000216.